The highest BCUT2D eigenvalue weighted by molar-refractivity contribution is 5.38. The average Bonchev–Trinajstić information content (AvgIpc) is 2.80. The van der Waals surface area contributed by atoms with Crippen LogP contribution in [0, 0.1) is 111 Å². The average molecular weight is 427 g/mol. The molecule has 0 saturated heterocycles. The minimum Gasteiger partial charge on any atom is -0.0470 e. The van der Waals surface area contributed by atoms with Gasteiger partial charge in [-0.3, -0.25) is 0 Å². The summed E-state index contributed by atoms with van der Waals surface area (Å²) in [5, 5.41) is 0. The van der Waals surface area contributed by atoms with Gasteiger partial charge in [0.2, 0.25) is 0 Å². The smallest absolute Gasteiger partial charge is 0.0114 e. The third-order valence-electron chi connectivity index (χ3n) is 17.8. The van der Waals surface area contributed by atoms with Crippen LogP contribution in [-0.2, 0) is 0 Å². The van der Waals surface area contributed by atoms with Gasteiger partial charge in [-0.1, -0.05) is 0 Å². The monoisotopic (exact) mass is 426 g/mol. The molecule has 32 heavy (non-hydrogen) atoms. The molecule has 12 atom stereocenters. The molecule has 1 spiro atoms. The summed E-state index contributed by atoms with van der Waals surface area (Å²) in [6, 6.07) is 0. The molecule has 0 aromatic rings. The summed E-state index contributed by atoms with van der Waals surface area (Å²) < 4.78 is 0. The van der Waals surface area contributed by atoms with Crippen LogP contribution in [0.2, 0.25) is 0 Å². The molecule has 0 aromatic carbocycles. The highest BCUT2D eigenvalue weighted by Gasteiger charge is 2.90. The molecule has 0 N–H and O–H groups in total. The molecule has 0 amide bonds. The molecule has 19 bridgehead atoms. The van der Waals surface area contributed by atoms with Gasteiger partial charge in [0, 0.05) is 0 Å². The van der Waals surface area contributed by atoms with Gasteiger partial charge >= 0.3 is 0 Å². The number of hydrogen-bond donors (Lipinski definition) is 0. The maximum absolute atomic E-state index is 1.78. The van der Waals surface area contributed by atoms with E-state index in [0.29, 0.717) is 0 Å². The van der Waals surface area contributed by atoms with Crippen LogP contribution in [0.1, 0.15) is 83.5 Å². The van der Waals surface area contributed by atoms with Crippen molar-refractivity contribution in [1.82, 2.24) is 0 Å². The van der Waals surface area contributed by atoms with E-state index in [1.165, 1.54) is 94.7 Å². The van der Waals surface area contributed by atoms with Crippen molar-refractivity contribution in [2.45, 2.75) is 83.5 Å². The maximum Gasteiger partial charge on any atom is -0.0114 e. The molecule has 17 saturated carbocycles. The largest absolute Gasteiger partial charge is 0.0470 e. The molecule has 0 aromatic heterocycles. The zero-order valence-electron chi connectivity index (χ0n) is 19.9. The van der Waals surface area contributed by atoms with E-state index >= 15 is 0 Å². The van der Waals surface area contributed by atoms with Crippen molar-refractivity contribution in [2.24, 2.45) is 111 Å². The maximum atomic E-state index is 1.78. The third kappa shape index (κ3) is 1.23. The van der Waals surface area contributed by atoms with Crippen molar-refractivity contribution in [1.29, 1.82) is 0 Å². The lowest BCUT2D eigenvalue weighted by Crippen LogP contribution is -2.88. The topological polar surface area (TPSA) is 0 Å². The fourth-order valence-corrected chi connectivity index (χ4v) is 19.2. The highest BCUT2D eigenvalue weighted by Crippen LogP contribution is 2.96. The van der Waals surface area contributed by atoms with Crippen LogP contribution in [0.25, 0.3) is 0 Å². The molecule has 0 heteroatoms. The van der Waals surface area contributed by atoms with Crippen LogP contribution < -0.4 is 0 Å². The quantitative estimate of drug-likeness (QED) is 0.422. The zero-order valence-corrected chi connectivity index (χ0v) is 19.9. The minimum atomic E-state index is 0.877. The van der Waals surface area contributed by atoms with Gasteiger partial charge in [-0.15, -0.1) is 0 Å². The molecule has 170 valence electrons. The second-order valence-corrected chi connectivity index (χ2v) is 17.1. The van der Waals surface area contributed by atoms with Gasteiger partial charge in [0.05, 0.1) is 0 Å². The minimum absolute atomic E-state index is 0.877. The van der Waals surface area contributed by atoms with E-state index in [9.17, 15) is 0 Å². The summed E-state index contributed by atoms with van der Waals surface area (Å²) in [5.74, 6) is 19.4. The molecular formula is C32H42. The number of hydrogen-bond acceptors (Lipinski definition) is 0. The van der Waals surface area contributed by atoms with Crippen LogP contribution in [0.4, 0.5) is 0 Å². The van der Waals surface area contributed by atoms with Crippen LogP contribution >= 0.6 is 0 Å². The van der Waals surface area contributed by atoms with Gasteiger partial charge in [0.1, 0.15) is 0 Å². The van der Waals surface area contributed by atoms with Crippen molar-refractivity contribution in [3.8, 4) is 0 Å². The molecule has 0 heterocycles. The lowest BCUT2D eigenvalue weighted by molar-refractivity contribution is -0.461. The summed E-state index contributed by atoms with van der Waals surface area (Å²) in [4.78, 5) is 0. The van der Waals surface area contributed by atoms with Gasteiger partial charge in [-0.2, -0.15) is 0 Å². The molecule has 0 nitrogen and oxygen atoms in total. The molecule has 17 rings (SSSR count). The molecule has 0 radical (unpaired) electrons. The SMILES string of the molecule is C1C2CC3C4CC5CC(C14)C(C2)C3(C12C3CC4CC6C3CC3C7CC(CC31)CC2(C4)C67)C5. The standard InChI is InChI=1S/C32H42/c1-14-6-25-19-2-15-3-20(18(1)19)26(7-14)31(25,13-15)32-27-8-16-4-23-21(27)10-22-24-5-17(9-28(22)32)12-30(32,11-16)29(23)24/h14-29H,1-13H2. The molecule has 17 aliphatic rings. The molecule has 12 unspecified atom stereocenters. The first kappa shape index (κ1) is 16.6. The highest BCUT2D eigenvalue weighted by atomic mass is 14.9. The second-order valence-electron chi connectivity index (χ2n) is 17.1. The van der Waals surface area contributed by atoms with Gasteiger partial charge in [0.25, 0.3) is 0 Å². The summed E-state index contributed by atoms with van der Waals surface area (Å²) in [7, 11) is 0. The normalized spacial score (nSPS) is 81.8. The summed E-state index contributed by atoms with van der Waals surface area (Å²) >= 11 is 0. The summed E-state index contributed by atoms with van der Waals surface area (Å²) in [6.07, 6.45) is 22.5. The lowest BCUT2D eigenvalue weighted by atomic mass is 9.10. The third-order valence-corrected chi connectivity index (χ3v) is 17.8. The van der Waals surface area contributed by atoms with E-state index < -0.39 is 0 Å². The van der Waals surface area contributed by atoms with E-state index in [-0.39, 0.29) is 0 Å². The first-order valence-electron chi connectivity index (χ1n) is 15.7. The predicted molar refractivity (Wildman–Crippen MR) is 123 cm³/mol. The van der Waals surface area contributed by atoms with Crippen molar-refractivity contribution in [3.05, 3.63) is 0 Å². The van der Waals surface area contributed by atoms with Gasteiger partial charge < -0.3 is 0 Å². The molecular weight excluding hydrogens is 384 g/mol. The van der Waals surface area contributed by atoms with Gasteiger partial charge in [-0.25, -0.2) is 0 Å². The van der Waals surface area contributed by atoms with Crippen molar-refractivity contribution >= 4 is 0 Å². The Kier molecular flexibility index (Phi) is 2.32. The van der Waals surface area contributed by atoms with Crippen molar-refractivity contribution < 1.29 is 0 Å². The Morgan fingerprint density at radius 3 is 1.53 bits per heavy atom. The Morgan fingerprint density at radius 1 is 0.375 bits per heavy atom. The van der Waals surface area contributed by atoms with Gasteiger partial charge in [-0.05, 0) is 194 Å². The Hall–Kier alpha value is 0. The molecule has 17 fully saturated rings. The van der Waals surface area contributed by atoms with Gasteiger partial charge in [0.15, 0.2) is 0 Å². The molecule has 0 aliphatic heterocycles. The Bertz CT molecular complexity index is 930. The van der Waals surface area contributed by atoms with Crippen LogP contribution in [0.5, 0.6) is 0 Å². The molecule has 17 aliphatic carbocycles. The lowest BCUT2D eigenvalue weighted by Gasteiger charge is -2.94. The Morgan fingerprint density at radius 2 is 0.875 bits per heavy atom. The van der Waals surface area contributed by atoms with Crippen LogP contribution in [0.15, 0.2) is 0 Å². The summed E-state index contributed by atoms with van der Waals surface area (Å²) in [6.45, 7) is 0. The van der Waals surface area contributed by atoms with E-state index in [2.05, 4.69) is 0 Å². The fourth-order valence-electron chi connectivity index (χ4n) is 19.2. The van der Waals surface area contributed by atoms with E-state index in [1.807, 2.05) is 0 Å². The summed E-state index contributed by atoms with van der Waals surface area (Å²) in [5.41, 5.74) is 2.65. The van der Waals surface area contributed by atoms with E-state index in [4.69, 9.17) is 0 Å². The zero-order chi connectivity index (χ0) is 19.9. The van der Waals surface area contributed by atoms with E-state index in [1.54, 1.807) is 83.5 Å². The second kappa shape index (κ2) is 4.47. The number of rotatable bonds is 1. The van der Waals surface area contributed by atoms with Crippen LogP contribution in [0.3, 0.4) is 0 Å². The fraction of sp³-hybridized carbons (Fsp3) is 1.00. The Labute approximate surface area is 194 Å². The van der Waals surface area contributed by atoms with Crippen molar-refractivity contribution in [2.75, 3.05) is 0 Å². The van der Waals surface area contributed by atoms with Crippen molar-refractivity contribution in [3.63, 3.8) is 0 Å². The van der Waals surface area contributed by atoms with Crippen LogP contribution in [-0.4, -0.2) is 0 Å². The van der Waals surface area contributed by atoms with E-state index in [0.717, 1.165) is 16.2 Å². The first-order chi connectivity index (χ1) is 15.7. The Balaban J connectivity index is 1.20. The predicted octanol–water partition coefficient (Wildman–Crippen LogP) is 7.04. The first-order valence-corrected chi connectivity index (χ1v) is 15.7.